The van der Waals surface area contributed by atoms with Crippen LogP contribution in [-0.2, 0) is 4.79 Å². The Balaban J connectivity index is 2.39. The number of nitrogens with one attached hydrogen (secondary N) is 1. The molecule has 0 fully saturated rings. The highest BCUT2D eigenvalue weighted by molar-refractivity contribution is 7.10. The molecule has 1 aromatic heterocycles. The smallest absolute Gasteiger partial charge is 0.317 e. The molecule has 0 aliphatic rings. The van der Waals surface area contributed by atoms with Gasteiger partial charge in [-0.2, -0.15) is 0 Å². The fourth-order valence-electron chi connectivity index (χ4n) is 0.879. The lowest BCUT2D eigenvalue weighted by atomic mass is 10.3. The van der Waals surface area contributed by atoms with E-state index in [1.807, 2.05) is 24.4 Å². The Hall–Kier alpha value is -0.870. The first-order chi connectivity index (χ1) is 5.70. The number of carboxylic acids is 1. The van der Waals surface area contributed by atoms with Crippen molar-refractivity contribution in [2.24, 2.45) is 0 Å². The van der Waals surface area contributed by atoms with Crippen LogP contribution in [0.3, 0.4) is 0 Å². The highest BCUT2D eigenvalue weighted by Gasteiger charge is 2.06. The number of aliphatic carboxylic acids is 1. The molecule has 3 nitrogen and oxygen atoms in total. The molecule has 1 atom stereocenters. The van der Waals surface area contributed by atoms with Crippen LogP contribution in [0.25, 0.3) is 0 Å². The Labute approximate surface area is 75.0 Å². The van der Waals surface area contributed by atoms with E-state index in [-0.39, 0.29) is 12.6 Å². The zero-order valence-corrected chi connectivity index (χ0v) is 7.60. The quantitative estimate of drug-likeness (QED) is 0.747. The highest BCUT2D eigenvalue weighted by atomic mass is 32.1. The van der Waals surface area contributed by atoms with Gasteiger partial charge in [-0.05, 0) is 18.4 Å². The summed E-state index contributed by atoms with van der Waals surface area (Å²) in [6.07, 6.45) is 0. The topological polar surface area (TPSA) is 49.3 Å². The van der Waals surface area contributed by atoms with Crippen molar-refractivity contribution >= 4 is 17.3 Å². The third kappa shape index (κ3) is 2.64. The molecule has 0 unspecified atom stereocenters. The first-order valence-corrected chi connectivity index (χ1v) is 4.56. The van der Waals surface area contributed by atoms with Crippen molar-refractivity contribution in [3.05, 3.63) is 22.4 Å². The Bertz CT molecular complexity index is 246. The molecular weight excluding hydrogens is 174 g/mol. The SMILES string of the molecule is C[C@@H](NCC(=O)O)c1cccs1. The molecule has 0 aromatic carbocycles. The van der Waals surface area contributed by atoms with Crippen LogP contribution in [0.4, 0.5) is 0 Å². The van der Waals surface area contributed by atoms with Crippen LogP contribution in [0.2, 0.25) is 0 Å². The average molecular weight is 185 g/mol. The second kappa shape index (κ2) is 4.23. The minimum Gasteiger partial charge on any atom is -0.480 e. The fraction of sp³-hybridized carbons (Fsp3) is 0.375. The largest absolute Gasteiger partial charge is 0.480 e. The van der Waals surface area contributed by atoms with E-state index in [0.717, 1.165) is 4.88 Å². The van der Waals surface area contributed by atoms with Crippen molar-refractivity contribution in [2.45, 2.75) is 13.0 Å². The second-order valence-electron chi connectivity index (χ2n) is 2.51. The first kappa shape index (κ1) is 9.22. The molecule has 0 radical (unpaired) electrons. The molecule has 0 aliphatic heterocycles. The van der Waals surface area contributed by atoms with Gasteiger partial charge in [-0.25, -0.2) is 0 Å². The van der Waals surface area contributed by atoms with Crippen LogP contribution >= 0.6 is 11.3 Å². The summed E-state index contributed by atoms with van der Waals surface area (Å²) in [5, 5.41) is 13.3. The van der Waals surface area contributed by atoms with E-state index in [2.05, 4.69) is 5.32 Å². The Morgan fingerprint density at radius 2 is 2.58 bits per heavy atom. The zero-order chi connectivity index (χ0) is 8.97. The normalized spacial score (nSPS) is 12.8. The second-order valence-corrected chi connectivity index (χ2v) is 3.49. The number of hydrogen-bond donors (Lipinski definition) is 2. The van der Waals surface area contributed by atoms with E-state index in [4.69, 9.17) is 5.11 Å². The molecule has 1 heterocycles. The molecule has 66 valence electrons. The average Bonchev–Trinajstić information content (AvgIpc) is 2.51. The van der Waals surface area contributed by atoms with Crippen LogP contribution in [-0.4, -0.2) is 17.6 Å². The maximum atomic E-state index is 10.2. The van der Waals surface area contributed by atoms with E-state index in [1.54, 1.807) is 11.3 Å². The zero-order valence-electron chi connectivity index (χ0n) is 6.78. The van der Waals surface area contributed by atoms with E-state index >= 15 is 0 Å². The van der Waals surface area contributed by atoms with Gasteiger partial charge in [0.05, 0.1) is 6.54 Å². The minimum absolute atomic E-state index is 0.0130. The van der Waals surface area contributed by atoms with Crippen LogP contribution in [0, 0.1) is 0 Å². The van der Waals surface area contributed by atoms with Crippen LogP contribution in [0.1, 0.15) is 17.8 Å². The Kier molecular flexibility index (Phi) is 3.25. The molecule has 0 bridgehead atoms. The molecule has 0 spiro atoms. The van der Waals surface area contributed by atoms with E-state index in [1.165, 1.54) is 0 Å². The first-order valence-electron chi connectivity index (χ1n) is 3.68. The maximum Gasteiger partial charge on any atom is 0.317 e. The van der Waals surface area contributed by atoms with E-state index in [9.17, 15) is 4.79 Å². The van der Waals surface area contributed by atoms with Crippen molar-refractivity contribution in [1.82, 2.24) is 5.32 Å². The van der Waals surface area contributed by atoms with Crippen LogP contribution in [0.15, 0.2) is 17.5 Å². The number of rotatable bonds is 4. The Morgan fingerprint density at radius 3 is 3.08 bits per heavy atom. The number of carboxylic acid groups (broad SMARTS) is 1. The summed E-state index contributed by atoms with van der Waals surface area (Å²) < 4.78 is 0. The molecule has 1 aromatic rings. The third-order valence-electron chi connectivity index (χ3n) is 1.53. The summed E-state index contributed by atoms with van der Waals surface area (Å²) >= 11 is 1.63. The predicted molar refractivity (Wildman–Crippen MR) is 48.4 cm³/mol. The van der Waals surface area contributed by atoms with Crippen molar-refractivity contribution < 1.29 is 9.90 Å². The van der Waals surface area contributed by atoms with Crippen LogP contribution in [0.5, 0.6) is 0 Å². The van der Waals surface area contributed by atoms with Crippen molar-refractivity contribution in [1.29, 1.82) is 0 Å². The monoisotopic (exact) mass is 185 g/mol. The molecule has 0 amide bonds. The van der Waals surface area contributed by atoms with Crippen LogP contribution < -0.4 is 5.32 Å². The molecule has 0 saturated heterocycles. The third-order valence-corrected chi connectivity index (χ3v) is 2.58. The highest BCUT2D eigenvalue weighted by Crippen LogP contribution is 2.17. The molecule has 0 saturated carbocycles. The van der Waals surface area contributed by atoms with Crippen molar-refractivity contribution in [2.75, 3.05) is 6.54 Å². The molecular formula is C8H11NO2S. The van der Waals surface area contributed by atoms with E-state index < -0.39 is 5.97 Å². The van der Waals surface area contributed by atoms with Gasteiger partial charge >= 0.3 is 5.97 Å². The van der Waals surface area contributed by atoms with Gasteiger partial charge in [0.2, 0.25) is 0 Å². The van der Waals surface area contributed by atoms with E-state index in [0.29, 0.717) is 0 Å². The van der Waals surface area contributed by atoms with Gasteiger partial charge < -0.3 is 5.11 Å². The molecule has 0 aliphatic carbocycles. The standard InChI is InChI=1S/C8H11NO2S/c1-6(9-5-8(10)11)7-3-2-4-12-7/h2-4,6,9H,5H2,1H3,(H,10,11)/t6-/m1/s1. The predicted octanol–water partition coefficient (Wildman–Crippen LogP) is 1.48. The summed E-state index contributed by atoms with van der Waals surface area (Å²) in [7, 11) is 0. The van der Waals surface area contributed by atoms with Gasteiger partial charge in [-0.1, -0.05) is 6.07 Å². The minimum atomic E-state index is -0.821. The molecule has 12 heavy (non-hydrogen) atoms. The van der Waals surface area contributed by atoms with Crippen molar-refractivity contribution in [3.63, 3.8) is 0 Å². The van der Waals surface area contributed by atoms with Gasteiger partial charge in [0.15, 0.2) is 0 Å². The summed E-state index contributed by atoms with van der Waals surface area (Å²) in [6.45, 7) is 1.97. The fourth-order valence-corrected chi connectivity index (χ4v) is 1.64. The lowest BCUT2D eigenvalue weighted by Crippen LogP contribution is -2.24. The summed E-state index contributed by atoms with van der Waals surface area (Å²) in [5.74, 6) is -0.821. The van der Waals surface area contributed by atoms with Gasteiger partial charge in [0.1, 0.15) is 0 Å². The lowest BCUT2D eigenvalue weighted by Gasteiger charge is -2.08. The van der Waals surface area contributed by atoms with Gasteiger partial charge in [-0.15, -0.1) is 11.3 Å². The maximum absolute atomic E-state index is 10.2. The number of hydrogen-bond acceptors (Lipinski definition) is 3. The Morgan fingerprint density at radius 1 is 1.83 bits per heavy atom. The van der Waals surface area contributed by atoms with Gasteiger partial charge in [-0.3, -0.25) is 10.1 Å². The molecule has 1 rings (SSSR count). The van der Waals surface area contributed by atoms with Gasteiger partial charge in [0.25, 0.3) is 0 Å². The number of carbonyl (C=O) groups is 1. The number of thiophene rings is 1. The lowest BCUT2D eigenvalue weighted by molar-refractivity contribution is -0.136. The summed E-state index contributed by atoms with van der Waals surface area (Å²) in [5.41, 5.74) is 0. The molecule has 4 heteroatoms. The van der Waals surface area contributed by atoms with Gasteiger partial charge in [0, 0.05) is 10.9 Å². The summed E-state index contributed by atoms with van der Waals surface area (Å²) in [6, 6.07) is 4.07. The molecule has 2 N–H and O–H groups in total. The summed E-state index contributed by atoms with van der Waals surface area (Å²) in [4.78, 5) is 11.4. The van der Waals surface area contributed by atoms with Crippen molar-refractivity contribution in [3.8, 4) is 0 Å².